The van der Waals surface area contributed by atoms with Crippen LogP contribution in [0.5, 0.6) is 0 Å². The molecule has 0 radical (unpaired) electrons. The van der Waals surface area contributed by atoms with Gasteiger partial charge in [0.25, 0.3) is 5.91 Å². The molecular formula is C14H15BrFN3O3. The number of nitrogens with zero attached hydrogens (tertiary/aromatic N) is 1. The standard InChI is InChI=1S/C14H15BrFN3O3/c1-14(2)12(21)19(13(22)18-14)6-5-11(20)17-10-4-3-8(15)7-9(10)16/h3-4,7H,5-6H2,1-2H3,(H,17,20)(H,18,22). The Labute approximate surface area is 135 Å². The highest BCUT2D eigenvalue weighted by molar-refractivity contribution is 9.10. The highest BCUT2D eigenvalue weighted by Gasteiger charge is 2.43. The molecule has 4 amide bonds. The number of carbonyl (C=O) groups excluding carboxylic acids is 3. The number of rotatable bonds is 4. The predicted molar refractivity (Wildman–Crippen MR) is 81.7 cm³/mol. The number of amides is 4. The summed E-state index contributed by atoms with van der Waals surface area (Å²) < 4.78 is 14.2. The first-order valence-corrected chi connectivity index (χ1v) is 7.39. The molecule has 0 atom stereocenters. The topological polar surface area (TPSA) is 78.5 Å². The van der Waals surface area contributed by atoms with Crippen molar-refractivity contribution in [2.75, 3.05) is 11.9 Å². The largest absolute Gasteiger partial charge is 0.325 e. The molecule has 1 aliphatic heterocycles. The lowest BCUT2D eigenvalue weighted by Crippen LogP contribution is -2.40. The van der Waals surface area contributed by atoms with E-state index in [1.54, 1.807) is 19.9 Å². The summed E-state index contributed by atoms with van der Waals surface area (Å²) in [6.07, 6.45) is -0.106. The van der Waals surface area contributed by atoms with E-state index in [1.165, 1.54) is 12.1 Å². The second-order valence-corrected chi connectivity index (χ2v) is 6.35. The first kappa shape index (κ1) is 16.4. The molecule has 22 heavy (non-hydrogen) atoms. The maximum absolute atomic E-state index is 13.6. The van der Waals surface area contributed by atoms with Crippen LogP contribution in [-0.4, -0.2) is 34.8 Å². The third-order valence-corrected chi connectivity index (χ3v) is 3.71. The summed E-state index contributed by atoms with van der Waals surface area (Å²) in [5.74, 6) is -1.44. The Bertz CT molecular complexity index is 648. The number of imide groups is 1. The van der Waals surface area contributed by atoms with Gasteiger partial charge in [-0.1, -0.05) is 15.9 Å². The molecule has 1 aliphatic rings. The van der Waals surface area contributed by atoms with Crippen LogP contribution in [0.15, 0.2) is 22.7 Å². The van der Waals surface area contributed by atoms with E-state index in [2.05, 4.69) is 26.6 Å². The summed E-state index contributed by atoms with van der Waals surface area (Å²) in [6, 6.07) is 3.72. The number of halogens is 2. The monoisotopic (exact) mass is 371 g/mol. The van der Waals surface area contributed by atoms with Crippen LogP contribution >= 0.6 is 15.9 Å². The van der Waals surface area contributed by atoms with E-state index in [0.717, 1.165) is 4.90 Å². The molecule has 8 heteroatoms. The van der Waals surface area contributed by atoms with Gasteiger partial charge in [0.15, 0.2) is 0 Å². The lowest BCUT2D eigenvalue weighted by atomic mass is 10.1. The smallest absolute Gasteiger partial charge is 0.324 e. The van der Waals surface area contributed by atoms with Gasteiger partial charge in [0.2, 0.25) is 5.91 Å². The fourth-order valence-electron chi connectivity index (χ4n) is 2.04. The highest BCUT2D eigenvalue weighted by Crippen LogP contribution is 2.20. The van der Waals surface area contributed by atoms with Gasteiger partial charge in [-0.3, -0.25) is 14.5 Å². The molecule has 0 aliphatic carbocycles. The molecule has 0 spiro atoms. The highest BCUT2D eigenvalue weighted by atomic mass is 79.9. The number of benzene rings is 1. The second kappa shape index (κ2) is 6.04. The Balaban J connectivity index is 1.93. The van der Waals surface area contributed by atoms with E-state index in [4.69, 9.17) is 0 Å². The van der Waals surface area contributed by atoms with Gasteiger partial charge in [-0.25, -0.2) is 9.18 Å². The third kappa shape index (κ3) is 3.44. The first-order valence-electron chi connectivity index (χ1n) is 6.60. The van der Waals surface area contributed by atoms with Gasteiger partial charge in [0.05, 0.1) is 5.69 Å². The van der Waals surface area contributed by atoms with Gasteiger partial charge in [-0.05, 0) is 32.0 Å². The Kier molecular flexibility index (Phi) is 4.50. The molecule has 0 unspecified atom stereocenters. The molecule has 118 valence electrons. The average Bonchev–Trinajstić information content (AvgIpc) is 2.60. The van der Waals surface area contributed by atoms with Crippen LogP contribution in [0.4, 0.5) is 14.9 Å². The summed E-state index contributed by atoms with van der Waals surface area (Å²) in [7, 11) is 0. The number of hydrogen-bond donors (Lipinski definition) is 2. The van der Waals surface area contributed by atoms with Gasteiger partial charge in [0.1, 0.15) is 11.4 Å². The van der Waals surface area contributed by atoms with Crippen molar-refractivity contribution in [3.8, 4) is 0 Å². The predicted octanol–water partition coefficient (Wildman–Crippen LogP) is 2.25. The summed E-state index contributed by atoms with van der Waals surface area (Å²) >= 11 is 3.12. The van der Waals surface area contributed by atoms with Crippen LogP contribution in [-0.2, 0) is 9.59 Å². The van der Waals surface area contributed by atoms with Crippen LogP contribution in [0.25, 0.3) is 0 Å². The van der Waals surface area contributed by atoms with Crippen LogP contribution < -0.4 is 10.6 Å². The van der Waals surface area contributed by atoms with E-state index < -0.39 is 23.3 Å². The maximum atomic E-state index is 13.6. The minimum absolute atomic E-state index is 0.0470. The molecule has 1 fully saturated rings. The molecule has 0 bridgehead atoms. The van der Waals surface area contributed by atoms with Crippen molar-refractivity contribution >= 4 is 39.5 Å². The lowest BCUT2D eigenvalue weighted by Gasteiger charge is -2.15. The van der Waals surface area contributed by atoms with Crippen LogP contribution in [0, 0.1) is 5.82 Å². The summed E-state index contributed by atoms with van der Waals surface area (Å²) in [5, 5.41) is 4.93. The Morgan fingerprint density at radius 2 is 2.09 bits per heavy atom. The van der Waals surface area contributed by atoms with E-state index >= 15 is 0 Å². The van der Waals surface area contributed by atoms with Crippen LogP contribution in [0.3, 0.4) is 0 Å². The molecule has 2 N–H and O–H groups in total. The van der Waals surface area contributed by atoms with Gasteiger partial charge >= 0.3 is 6.03 Å². The van der Waals surface area contributed by atoms with Crippen molar-refractivity contribution in [1.29, 1.82) is 0 Å². The van der Waals surface area contributed by atoms with Gasteiger partial charge in [-0.2, -0.15) is 0 Å². The fourth-order valence-corrected chi connectivity index (χ4v) is 2.37. The fraction of sp³-hybridized carbons (Fsp3) is 0.357. The Morgan fingerprint density at radius 3 is 2.64 bits per heavy atom. The molecular weight excluding hydrogens is 357 g/mol. The van der Waals surface area contributed by atoms with E-state index in [0.29, 0.717) is 4.47 Å². The van der Waals surface area contributed by atoms with Crippen molar-refractivity contribution in [1.82, 2.24) is 10.2 Å². The first-order chi connectivity index (χ1) is 10.2. The van der Waals surface area contributed by atoms with Gasteiger partial charge in [0, 0.05) is 17.4 Å². The minimum atomic E-state index is -0.967. The Morgan fingerprint density at radius 1 is 1.41 bits per heavy atom. The van der Waals surface area contributed by atoms with Crippen molar-refractivity contribution in [3.05, 3.63) is 28.5 Å². The zero-order valence-electron chi connectivity index (χ0n) is 12.1. The summed E-state index contributed by atoms with van der Waals surface area (Å²) in [4.78, 5) is 36.4. The zero-order chi connectivity index (χ0) is 16.5. The number of carbonyl (C=O) groups is 3. The van der Waals surface area contributed by atoms with Crippen molar-refractivity contribution < 1.29 is 18.8 Å². The second-order valence-electron chi connectivity index (χ2n) is 5.43. The number of hydrogen-bond acceptors (Lipinski definition) is 3. The summed E-state index contributed by atoms with van der Waals surface area (Å²) in [6.45, 7) is 3.12. The lowest BCUT2D eigenvalue weighted by molar-refractivity contribution is -0.130. The quantitative estimate of drug-likeness (QED) is 0.796. The summed E-state index contributed by atoms with van der Waals surface area (Å²) in [5.41, 5.74) is -0.920. The molecule has 2 rings (SSSR count). The number of urea groups is 1. The maximum Gasteiger partial charge on any atom is 0.325 e. The SMILES string of the molecule is CC1(C)NC(=O)N(CCC(=O)Nc2ccc(Br)cc2F)C1=O. The molecule has 0 aromatic heterocycles. The van der Waals surface area contributed by atoms with Gasteiger partial charge < -0.3 is 10.6 Å². The molecule has 6 nitrogen and oxygen atoms in total. The van der Waals surface area contributed by atoms with E-state index in [9.17, 15) is 18.8 Å². The van der Waals surface area contributed by atoms with Crippen LogP contribution in [0.1, 0.15) is 20.3 Å². The van der Waals surface area contributed by atoms with E-state index in [1.807, 2.05) is 0 Å². The average molecular weight is 372 g/mol. The number of anilines is 1. The van der Waals surface area contributed by atoms with Crippen LogP contribution in [0.2, 0.25) is 0 Å². The minimum Gasteiger partial charge on any atom is -0.324 e. The number of nitrogens with one attached hydrogen (secondary N) is 2. The normalized spacial score (nSPS) is 16.6. The van der Waals surface area contributed by atoms with Crippen molar-refractivity contribution in [2.45, 2.75) is 25.8 Å². The zero-order valence-corrected chi connectivity index (χ0v) is 13.7. The third-order valence-electron chi connectivity index (χ3n) is 3.21. The molecule has 1 heterocycles. The van der Waals surface area contributed by atoms with Gasteiger partial charge in [-0.15, -0.1) is 0 Å². The molecule has 1 saturated heterocycles. The van der Waals surface area contributed by atoms with E-state index in [-0.39, 0.29) is 24.6 Å². The molecule has 1 aromatic rings. The molecule has 0 saturated carbocycles. The Hall–Kier alpha value is -1.96. The van der Waals surface area contributed by atoms with Crippen molar-refractivity contribution in [2.24, 2.45) is 0 Å². The molecule has 1 aromatic carbocycles. The van der Waals surface area contributed by atoms with Crippen molar-refractivity contribution in [3.63, 3.8) is 0 Å².